The molecule has 192 valence electrons. The number of nitrogens with zero attached hydrogens (tertiary/aromatic N) is 1. The topological polar surface area (TPSA) is 98.1 Å². The van der Waals surface area contributed by atoms with Crippen molar-refractivity contribution in [3.63, 3.8) is 0 Å². The highest BCUT2D eigenvalue weighted by Gasteiger charge is 2.52. The van der Waals surface area contributed by atoms with Gasteiger partial charge >= 0.3 is 7.60 Å². The van der Waals surface area contributed by atoms with E-state index in [0.717, 1.165) is 16.5 Å². The monoisotopic (exact) mass is 525 g/mol. The molecule has 0 aromatic heterocycles. The molecule has 0 aliphatic heterocycles. The van der Waals surface area contributed by atoms with Gasteiger partial charge in [-0.3, -0.25) is 9.36 Å². The first-order chi connectivity index (χ1) is 18.2. The number of hydrogen-bond acceptors (Lipinski definition) is 4. The van der Waals surface area contributed by atoms with E-state index in [-0.39, 0.29) is 22.5 Å². The fourth-order valence-electron chi connectivity index (χ4n) is 5.22. The van der Waals surface area contributed by atoms with Gasteiger partial charge in [0.1, 0.15) is 5.16 Å². The van der Waals surface area contributed by atoms with Crippen molar-refractivity contribution in [2.45, 2.75) is 5.16 Å². The van der Waals surface area contributed by atoms with Gasteiger partial charge in [0.15, 0.2) is 5.78 Å². The molecule has 0 fully saturated rings. The first kappa shape index (κ1) is 25.8. The maximum absolute atomic E-state index is 14.2. The standard InChI is InChI=1S/C31H28NO5P/c1-32(2)24-17-14-23(15-18-24)30(34)29-26-12-6-4-9-22(26)16-19-28(29)31(20-33,38(35,36)37)27-13-7-10-21-8-3-5-11-25(21)27/h3-19,33H,20H2,1-2H3,(H2,35,36,37). The van der Waals surface area contributed by atoms with Crippen LogP contribution in [0, 0.1) is 0 Å². The summed E-state index contributed by atoms with van der Waals surface area (Å²) in [7, 11) is -1.32. The summed E-state index contributed by atoms with van der Waals surface area (Å²) in [6.45, 7) is -0.899. The second-order valence-corrected chi connectivity index (χ2v) is 11.4. The van der Waals surface area contributed by atoms with Crippen molar-refractivity contribution in [3.05, 3.63) is 125 Å². The fraction of sp³-hybridized carbons (Fsp3) is 0.129. The smallest absolute Gasteiger partial charge is 0.342 e. The van der Waals surface area contributed by atoms with Crippen LogP contribution in [0.3, 0.4) is 0 Å². The van der Waals surface area contributed by atoms with Crippen LogP contribution in [-0.4, -0.2) is 41.4 Å². The molecule has 0 bridgehead atoms. The highest BCUT2D eigenvalue weighted by molar-refractivity contribution is 7.53. The average Bonchev–Trinajstić information content (AvgIpc) is 2.92. The molecule has 7 heteroatoms. The van der Waals surface area contributed by atoms with Crippen LogP contribution in [0.4, 0.5) is 5.69 Å². The van der Waals surface area contributed by atoms with Crippen molar-refractivity contribution in [2.75, 3.05) is 25.6 Å². The highest BCUT2D eigenvalue weighted by Crippen LogP contribution is 2.62. The summed E-state index contributed by atoms with van der Waals surface area (Å²) in [5.74, 6) is -0.381. The second-order valence-electron chi connectivity index (χ2n) is 9.57. The van der Waals surface area contributed by atoms with Crippen molar-refractivity contribution < 1.29 is 24.3 Å². The maximum atomic E-state index is 14.2. The number of rotatable bonds is 7. The molecule has 0 radical (unpaired) electrons. The molecule has 0 spiro atoms. The van der Waals surface area contributed by atoms with E-state index < -0.39 is 19.4 Å². The molecule has 0 saturated heterocycles. The van der Waals surface area contributed by atoms with E-state index in [1.807, 2.05) is 61.5 Å². The van der Waals surface area contributed by atoms with E-state index in [2.05, 4.69) is 0 Å². The van der Waals surface area contributed by atoms with Gasteiger partial charge in [0.2, 0.25) is 0 Å². The van der Waals surface area contributed by atoms with Crippen molar-refractivity contribution in [1.29, 1.82) is 0 Å². The molecule has 5 aromatic carbocycles. The summed E-state index contributed by atoms with van der Waals surface area (Å²) in [5, 5.41) is 11.4. The lowest BCUT2D eigenvalue weighted by molar-refractivity contribution is 0.103. The zero-order chi connectivity index (χ0) is 27.1. The number of aliphatic hydroxyl groups excluding tert-OH is 1. The molecule has 0 aliphatic rings. The Morgan fingerprint density at radius 2 is 1.32 bits per heavy atom. The van der Waals surface area contributed by atoms with Crippen LogP contribution in [0.1, 0.15) is 27.0 Å². The molecule has 5 rings (SSSR count). The molecule has 0 aliphatic carbocycles. The van der Waals surface area contributed by atoms with Gasteiger partial charge in [-0.15, -0.1) is 0 Å². The molecule has 0 heterocycles. The van der Waals surface area contributed by atoms with E-state index in [1.54, 1.807) is 60.7 Å². The molecule has 0 amide bonds. The molecule has 5 aromatic rings. The summed E-state index contributed by atoms with van der Waals surface area (Å²) >= 11 is 0. The minimum absolute atomic E-state index is 0.0880. The minimum atomic E-state index is -5.12. The number of carbonyl (C=O) groups excluding carboxylic acids is 1. The Hall–Kier alpha value is -3.80. The number of hydrogen-bond donors (Lipinski definition) is 3. The Labute approximate surface area is 221 Å². The number of anilines is 1. The predicted molar refractivity (Wildman–Crippen MR) is 152 cm³/mol. The Kier molecular flexibility index (Phi) is 6.68. The van der Waals surface area contributed by atoms with Gasteiger partial charge < -0.3 is 19.8 Å². The summed E-state index contributed by atoms with van der Waals surface area (Å²) in [5.41, 5.74) is 1.80. The lowest BCUT2D eigenvalue weighted by atomic mass is 9.81. The normalized spacial score (nSPS) is 13.4. The maximum Gasteiger partial charge on any atom is 0.342 e. The summed E-state index contributed by atoms with van der Waals surface area (Å²) in [6.07, 6.45) is 0. The number of benzene rings is 5. The lowest BCUT2D eigenvalue weighted by Gasteiger charge is -2.36. The van der Waals surface area contributed by atoms with Crippen LogP contribution >= 0.6 is 7.60 Å². The van der Waals surface area contributed by atoms with E-state index in [1.165, 1.54) is 0 Å². The third-order valence-corrected chi connectivity index (χ3v) is 8.83. The zero-order valence-electron chi connectivity index (χ0n) is 21.1. The van der Waals surface area contributed by atoms with E-state index in [9.17, 15) is 24.3 Å². The lowest BCUT2D eigenvalue weighted by Crippen LogP contribution is -2.34. The third kappa shape index (κ3) is 4.12. The van der Waals surface area contributed by atoms with Crippen LogP contribution in [0.25, 0.3) is 21.5 Å². The van der Waals surface area contributed by atoms with Gasteiger partial charge in [0.25, 0.3) is 0 Å². The first-order valence-electron chi connectivity index (χ1n) is 12.2. The second kappa shape index (κ2) is 9.82. The number of fused-ring (bicyclic) bond motifs is 2. The molecular weight excluding hydrogens is 497 g/mol. The summed E-state index contributed by atoms with van der Waals surface area (Å²) in [6, 6.07) is 30.0. The van der Waals surface area contributed by atoms with Crippen molar-refractivity contribution in [1.82, 2.24) is 0 Å². The quantitative estimate of drug-likeness (QED) is 0.186. The molecule has 3 N–H and O–H groups in total. The van der Waals surface area contributed by atoms with Crippen molar-refractivity contribution >= 4 is 40.6 Å². The van der Waals surface area contributed by atoms with E-state index in [0.29, 0.717) is 16.3 Å². The molecule has 6 nitrogen and oxygen atoms in total. The van der Waals surface area contributed by atoms with Gasteiger partial charge in [0, 0.05) is 30.9 Å². The van der Waals surface area contributed by atoms with Gasteiger partial charge in [-0.2, -0.15) is 0 Å². The molecule has 1 unspecified atom stereocenters. The summed E-state index contributed by atoms with van der Waals surface area (Å²) < 4.78 is 13.5. The number of ketones is 1. The van der Waals surface area contributed by atoms with Crippen LogP contribution in [0.2, 0.25) is 0 Å². The van der Waals surface area contributed by atoms with Crippen LogP contribution in [0.5, 0.6) is 0 Å². The van der Waals surface area contributed by atoms with E-state index >= 15 is 0 Å². The Morgan fingerprint density at radius 1 is 0.737 bits per heavy atom. The van der Waals surface area contributed by atoms with Crippen molar-refractivity contribution in [2.24, 2.45) is 0 Å². The third-order valence-electron chi connectivity index (χ3n) is 7.21. The molecule has 0 saturated carbocycles. The largest absolute Gasteiger partial charge is 0.394 e. The fourth-order valence-corrected chi connectivity index (χ4v) is 6.42. The Bertz CT molecular complexity index is 1700. The SMILES string of the molecule is CN(C)c1ccc(C(=O)c2c(C(CO)(c3cccc4ccccc34)P(=O)(O)O)ccc3ccccc23)cc1. The average molecular weight is 526 g/mol. The Balaban J connectivity index is 1.88. The minimum Gasteiger partial charge on any atom is -0.394 e. The van der Waals surface area contributed by atoms with Crippen molar-refractivity contribution in [3.8, 4) is 0 Å². The van der Waals surface area contributed by atoms with Gasteiger partial charge in [-0.25, -0.2) is 0 Å². The first-order valence-corrected chi connectivity index (χ1v) is 13.8. The molecular formula is C31H28NO5P. The number of carbonyl (C=O) groups is 1. The van der Waals surface area contributed by atoms with Crippen LogP contribution < -0.4 is 4.90 Å². The highest BCUT2D eigenvalue weighted by atomic mass is 31.2. The Morgan fingerprint density at radius 3 is 1.92 bits per heavy atom. The predicted octanol–water partition coefficient (Wildman–Crippen LogP) is 5.70. The van der Waals surface area contributed by atoms with Crippen LogP contribution in [0.15, 0.2) is 103 Å². The summed E-state index contributed by atoms with van der Waals surface area (Å²) in [4.78, 5) is 38.1. The van der Waals surface area contributed by atoms with Gasteiger partial charge in [-0.05, 0) is 56.9 Å². The molecule has 1 atom stereocenters. The van der Waals surface area contributed by atoms with Gasteiger partial charge in [-0.1, -0.05) is 78.9 Å². The van der Waals surface area contributed by atoms with Gasteiger partial charge in [0.05, 0.1) is 6.61 Å². The number of aliphatic hydroxyl groups is 1. The molecule has 38 heavy (non-hydrogen) atoms. The van der Waals surface area contributed by atoms with Crippen LogP contribution in [-0.2, 0) is 9.72 Å². The van der Waals surface area contributed by atoms with E-state index in [4.69, 9.17) is 0 Å². The zero-order valence-corrected chi connectivity index (χ0v) is 22.0.